The Morgan fingerprint density at radius 1 is 1.42 bits per heavy atom. The molecule has 2 aromatic heterocycles. The van der Waals surface area contributed by atoms with Crippen molar-refractivity contribution in [1.29, 1.82) is 0 Å². The summed E-state index contributed by atoms with van der Waals surface area (Å²) in [5.41, 5.74) is 1.02. The Kier molecular flexibility index (Phi) is 5.32. The van der Waals surface area contributed by atoms with Gasteiger partial charge in [0.25, 0.3) is 5.91 Å². The van der Waals surface area contributed by atoms with Gasteiger partial charge in [0.1, 0.15) is 16.4 Å². The predicted octanol–water partition coefficient (Wildman–Crippen LogP) is 2.23. The van der Waals surface area contributed by atoms with Crippen LogP contribution in [0.1, 0.15) is 20.1 Å². The molecule has 0 spiro atoms. The van der Waals surface area contributed by atoms with Crippen molar-refractivity contribution in [2.75, 3.05) is 38.3 Å². The molecule has 0 radical (unpaired) electrons. The fourth-order valence-electron chi connectivity index (χ4n) is 2.60. The number of hydrogen-bond donors (Lipinski definition) is 1. The van der Waals surface area contributed by atoms with Gasteiger partial charge in [-0.3, -0.25) is 4.79 Å². The van der Waals surface area contributed by atoms with Gasteiger partial charge in [0.15, 0.2) is 0 Å². The second kappa shape index (κ2) is 7.63. The number of aromatic nitrogens is 1. The maximum Gasteiger partial charge on any atom is 0.265 e. The first kappa shape index (κ1) is 16.7. The molecular formula is C17H21N3O3S. The number of nitrogens with zero attached hydrogens (tertiary/aromatic N) is 2. The van der Waals surface area contributed by atoms with Crippen molar-refractivity contribution in [3.05, 3.63) is 39.7 Å². The lowest BCUT2D eigenvalue weighted by Gasteiger charge is -2.28. The van der Waals surface area contributed by atoms with Gasteiger partial charge in [-0.25, -0.2) is 4.98 Å². The third-order valence-electron chi connectivity index (χ3n) is 3.85. The molecule has 0 aliphatic carbocycles. The van der Waals surface area contributed by atoms with Crippen LogP contribution in [-0.4, -0.2) is 44.3 Å². The maximum absolute atomic E-state index is 12.4. The van der Waals surface area contributed by atoms with E-state index in [4.69, 9.17) is 9.47 Å². The van der Waals surface area contributed by atoms with Crippen molar-refractivity contribution in [2.24, 2.45) is 0 Å². The van der Waals surface area contributed by atoms with E-state index < -0.39 is 0 Å². The largest absolute Gasteiger partial charge is 0.495 e. The Bertz CT molecular complexity index is 711. The van der Waals surface area contributed by atoms with Crippen molar-refractivity contribution in [2.45, 2.75) is 13.5 Å². The lowest BCUT2D eigenvalue weighted by atomic mass is 10.2. The van der Waals surface area contributed by atoms with E-state index in [0.29, 0.717) is 17.2 Å². The number of thiophene rings is 1. The zero-order valence-corrected chi connectivity index (χ0v) is 14.7. The standard InChI is InChI=1S/C17H21N3O3S/c1-12-9-14(22-2)16(24-12)17(21)19-11-13-3-4-18-15(10-13)20-5-7-23-8-6-20/h3-4,9-10H,5-8,11H2,1-2H3,(H,19,21). The van der Waals surface area contributed by atoms with Crippen molar-refractivity contribution in [1.82, 2.24) is 10.3 Å². The number of amides is 1. The lowest BCUT2D eigenvalue weighted by Crippen LogP contribution is -2.36. The van der Waals surface area contributed by atoms with Gasteiger partial charge in [-0.15, -0.1) is 11.3 Å². The number of pyridine rings is 1. The first-order valence-electron chi connectivity index (χ1n) is 7.87. The fourth-order valence-corrected chi connectivity index (χ4v) is 3.49. The van der Waals surface area contributed by atoms with Crippen LogP contribution >= 0.6 is 11.3 Å². The number of rotatable bonds is 5. The number of nitrogens with one attached hydrogen (secondary N) is 1. The highest BCUT2D eigenvalue weighted by Crippen LogP contribution is 2.28. The summed E-state index contributed by atoms with van der Waals surface area (Å²) in [6.45, 7) is 5.55. The van der Waals surface area contributed by atoms with Crippen LogP contribution in [0.15, 0.2) is 24.4 Å². The molecule has 0 saturated carbocycles. The number of carbonyl (C=O) groups is 1. The fraction of sp³-hybridized carbons (Fsp3) is 0.412. The number of ether oxygens (including phenoxy) is 2. The monoisotopic (exact) mass is 347 g/mol. The van der Waals surface area contributed by atoms with E-state index in [9.17, 15) is 4.79 Å². The minimum absolute atomic E-state index is 0.116. The Labute approximate surface area is 145 Å². The normalized spacial score (nSPS) is 14.5. The third-order valence-corrected chi connectivity index (χ3v) is 4.88. The van der Waals surface area contributed by atoms with Gasteiger partial charge in [-0.2, -0.15) is 0 Å². The molecule has 24 heavy (non-hydrogen) atoms. The van der Waals surface area contributed by atoms with Crippen molar-refractivity contribution < 1.29 is 14.3 Å². The Morgan fingerprint density at radius 2 is 2.21 bits per heavy atom. The number of morpholine rings is 1. The van der Waals surface area contributed by atoms with Gasteiger partial charge in [-0.1, -0.05) is 0 Å². The van der Waals surface area contributed by atoms with Crippen LogP contribution in [-0.2, 0) is 11.3 Å². The molecule has 0 unspecified atom stereocenters. The van der Waals surface area contributed by atoms with Gasteiger partial charge in [0.2, 0.25) is 0 Å². The van der Waals surface area contributed by atoms with Crippen LogP contribution < -0.4 is 15.0 Å². The van der Waals surface area contributed by atoms with Crippen molar-refractivity contribution in [3.8, 4) is 5.75 Å². The molecule has 2 aromatic rings. The van der Waals surface area contributed by atoms with E-state index in [1.165, 1.54) is 11.3 Å². The zero-order chi connectivity index (χ0) is 16.9. The number of methoxy groups -OCH3 is 1. The van der Waals surface area contributed by atoms with Crippen LogP contribution in [0, 0.1) is 6.92 Å². The van der Waals surface area contributed by atoms with Crippen molar-refractivity contribution >= 4 is 23.1 Å². The molecular weight excluding hydrogens is 326 g/mol. The summed E-state index contributed by atoms with van der Waals surface area (Å²) in [6, 6.07) is 5.81. The van der Waals surface area contributed by atoms with Crippen LogP contribution in [0.3, 0.4) is 0 Å². The predicted molar refractivity (Wildman–Crippen MR) is 94.0 cm³/mol. The summed E-state index contributed by atoms with van der Waals surface area (Å²) in [5, 5.41) is 2.95. The van der Waals surface area contributed by atoms with Gasteiger partial charge in [0, 0.05) is 30.7 Å². The highest BCUT2D eigenvalue weighted by atomic mass is 32.1. The van der Waals surface area contributed by atoms with Gasteiger partial charge < -0.3 is 19.7 Å². The van der Waals surface area contributed by atoms with Crippen LogP contribution in [0.5, 0.6) is 5.75 Å². The van der Waals surface area contributed by atoms with Crippen LogP contribution in [0.2, 0.25) is 0 Å². The number of aryl methyl sites for hydroxylation is 1. The number of carbonyl (C=O) groups excluding carboxylic acids is 1. The first-order valence-corrected chi connectivity index (χ1v) is 8.69. The summed E-state index contributed by atoms with van der Waals surface area (Å²) in [5.74, 6) is 1.43. The molecule has 1 aliphatic rings. The molecule has 3 heterocycles. The van der Waals surface area contributed by atoms with Gasteiger partial charge in [-0.05, 0) is 30.7 Å². The molecule has 0 bridgehead atoms. The Hall–Kier alpha value is -2.12. The molecule has 0 atom stereocenters. The summed E-state index contributed by atoms with van der Waals surface area (Å²) >= 11 is 1.44. The second-order valence-corrected chi connectivity index (χ2v) is 6.82. The molecule has 1 amide bonds. The van der Waals surface area contributed by atoms with E-state index in [0.717, 1.165) is 42.6 Å². The molecule has 1 aliphatic heterocycles. The second-order valence-electron chi connectivity index (χ2n) is 5.56. The average molecular weight is 347 g/mol. The molecule has 0 aromatic carbocycles. The highest BCUT2D eigenvalue weighted by Gasteiger charge is 2.16. The van der Waals surface area contributed by atoms with E-state index in [2.05, 4.69) is 15.2 Å². The molecule has 1 fully saturated rings. The minimum Gasteiger partial charge on any atom is -0.495 e. The van der Waals surface area contributed by atoms with Gasteiger partial charge >= 0.3 is 0 Å². The maximum atomic E-state index is 12.4. The smallest absolute Gasteiger partial charge is 0.265 e. The molecule has 1 saturated heterocycles. The van der Waals surface area contributed by atoms with E-state index >= 15 is 0 Å². The topological polar surface area (TPSA) is 63.7 Å². The summed E-state index contributed by atoms with van der Waals surface area (Å²) in [6.07, 6.45) is 1.78. The lowest BCUT2D eigenvalue weighted by molar-refractivity contribution is 0.0952. The Morgan fingerprint density at radius 3 is 2.96 bits per heavy atom. The minimum atomic E-state index is -0.116. The SMILES string of the molecule is COc1cc(C)sc1C(=O)NCc1ccnc(N2CCOCC2)c1. The zero-order valence-electron chi connectivity index (χ0n) is 13.9. The highest BCUT2D eigenvalue weighted by molar-refractivity contribution is 7.14. The van der Waals surface area contributed by atoms with E-state index in [1.54, 1.807) is 13.3 Å². The first-order chi connectivity index (χ1) is 11.7. The van der Waals surface area contributed by atoms with Crippen LogP contribution in [0.25, 0.3) is 0 Å². The number of anilines is 1. The summed E-state index contributed by atoms with van der Waals surface area (Å²) in [4.78, 5) is 20.6. The Balaban J connectivity index is 1.64. The van der Waals surface area contributed by atoms with E-state index in [1.807, 2.05) is 25.1 Å². The number of hydrogen-bond acceptors (Lipinski definition) is 6. The average Bonchev–Trinajstić information content (AvgIpc) is 3.02. The third kappa shape index (κ3) is 3.85. The molecule has 128 valence electrons. The molecule has 3 rings (SSSR count). The van der Waals surface area contributed by atoms with Crippen LogP contribution in [0.4, 0.5) is 5.82 Å². The van der Waals surface area contributed by atoms with Gasteiger partial charge in [0.05, 0.1) is 20.3 Å². The quantitative estimate of drug-likeness (QED) is 0.899. The molecule has 6 nitrogen and oxygen atoms in total. The molecule has 7 heteroatoms. The molecule has 1 N–H and O–H groups in total. The van der Waals surface area contributed by atoms with Crippen molar-refractivity contribution in [3.63, 3.8) is 0 Å². The summed E-state index contributed by atoms with van der Waals surface area (Å²) < 4.78 is 10.6. The van der Waals surface area contributed by atoms with E-state index in [-0.39, 0.29) is 5.91 Å². The summed E-state index contributed by atoms with van der Waals surface area (Å²) in [7, 11) is 1.58.